The standard InChI is InChI=1S/C23H25N3O5/c1-5-26-16(3)20(15(2)21(26)23(29)30-4)18(27)14-25(13-17-8-10-24-11-9-17)22(28)19-7-6-12-31-19/h6-12H,5,13-14H2,1-4H3. The molecule has 3 aromatic heterocycles. The van der Waals surface area contributed by atoms with E-state index < -0.39 is 11.9 Å². The quantitative estimate of drug-likeness (QED) is 0.407. The molecule has 0 radical (unpaired) electrons. The molecule has 3 heterocycles. The summed E-state index contributed by atoms with van der Waals surface area (Å²) in [5.74, 6) is -1.01. The Hall–Kier alpha value is -3.68. The van der Waals surface area contributed by atoms with Gasteiger partial charge in [0.2, 0.25) is 0 Å². The number of furan rings is 1. The summed E-state index contributed by atoms with van der Waals surface area (Å²) in [5, 5.41) is 0. The molecule has 162 valence electrons. The molecule has 0 spiro atoms. The van der Waals surface area contributed by atoms with Crippen molar-refractivity contribution in [1.29, 1.82) is 0 Å². The molecule has 3 aromatic rings. The van der Waals surface area contributed by atoms with Crippen LogP contribution in [0.15, 0.2) is 47.3 Å². The molecule has 0 atom stereocenters. The third-order valence-electron chi connectivity index (χ3n) is 5.22. The van der Waals surface area contributed by atoms with Gasteiger partial charge in [0.1, 0.15) is 5.69 Å². The van der Waals surface area contributed by atoms with Gasteiger partial charge >= 0.3 is 5.97 Å². The monoisotopic (exact) mass is 423 g/mol. The summed E-state index contributed by atoms with van der Waals surface area (Å²) in [6.07, 6.45) is 4.67. The van der Waals surface area contributed by atoms with Gasteiger partial charge in [-0.25, -0.2) is 4.79 Å². The van der Waals surface area contributed by atoms with E-state index >= 15 is 0 Å². The van der Waals surface area contributed by atoms with Crippen molar-refractivity contribution < 1.29 is 23.5 Å². The van der Waals surface area contributed by atoms with Crippen LogP contribution in [-0.2, 0) is 17.8 Å². The first kappa shape index (κ1) is 22.0. The number of carbonyl (C=O) groups excluding carboxylic acids is 3. The molecule has 0 aromatic carbocycles. The maximum Gasteiger partial charge on any atom is 0.354 e. The van der Waals surface area contributed by atoms with E-state index in [0.717, 1.165) is 5.56 Å². The zero-order valence-corrected chi connectivity index (χ0v) is 18.0. The highest BCUT2D eigenvalue weighted by Gasteiger charge is 2.29. The summed E-state index contributed by atoms with van der Waals surface area (Å²) in [4.78, 5) is 44.1. The number of ketones is 1. The molecule has 8 nitrogen and oxygen atoms in total. The second kappa shape index (κ2) is 9.42. The Labute approximate surface area is 180 Å². The Kier molecular flexibility index (Phi) is 6.69. The minimum atomic E-state index is -0.498. The number of rotatable bonds is 8. The first-order chi connectivity index (χ1) is 14.9. The minimum Gasteiger partial charge on any atom is -0.464 e. The molecule has 0 N–H and O–H groups in total. The van der Waals surface area contributed by atoms with Crippen molar-refractivity contribution in [3.63, 3.8) is 0 Å². The highest BCUT2D eigenvalue weighted by molar-refractivity contribution is 6.05. The van der Waals surface area contributed by atoms with Crippen LogP contribution in [0.5, 0.6) is 0 Å². The van der Waals surface area contributed by atoms with E-state index in [9.17, 15) is 14.4 Å². The number of esters is 1. The first-order valence-corrected chi connectivity index (χ1v) is 9.91. The number of methoxy groups -OCH3 is 1. The maximum atomic E-state index is 13.4. The fourth-order valence-electron chi connectivity index (χ4n) is 3.78. The molecular weight excluding hydrogens is 398 g/mol. The van der Waals surface area contributed by atoms with Crippen molar-refractivity contribution in [1.82, 2.24) is 14.5 Å². The summed E-state index contributed by atoms with van der Waals surface area (Å²) >= 11 is 0. The van der Waals surface area contributed by atoms with E-state index in [1.165, 1.54) is 18.3 Å². The van der Waals surface area contributed by atoms with Crippen molar-refractivity contribution in [2.75, 3.05) is 13.7 Å². The van der Waals surface area contributed by atoms with Crippen LogP contribution < -0.4 is 0 Å². The van der Waals surface area contributed by atoms with E-state index in [4.69, 9.17) is 9.15 Å². The topological polar surface area (TPSA) is 94.6 Å². The molecule has 0 fully saturated rings. The predicted octanol–water partition coefficient (Wildman–Crippen LogP) is 3.42. The summed E-state index contributed by atoms with van der Waals surface area (Å²) in [5.41, 5.74) is 2.82. The maximum absolute atomic E-state index is 13.4. The van der Waals surface area contributed by atoms with E-state index in [1.54, 1.807) is 55.1 Å². The van der Waals surface area contributed by atoms with Gasteiger partial charge in [0.15, 0.2) is 11.5 Å². The molecule has 0 unspecified atom stereocenters. The van der Waals surface area contributed by atoms with Crippen LogP contribution in [0.2, 0.25) is 0 Å². The number of Topliss-reactive ketones (excluding diaryl/α,β-unsaturated/α-hetero) is 1. The second-order valence-electron chi connectivity index (χ2n) is 7.09. The van der Waals surface area contributed by atoms with Crippen molar-refractivity contribution >= 4 is 17.7 Å². The lowest BCUT2D eigenvalue weighted by molar-refractivity contribution is 0.0587. The smallest absolute Gasteiger partial charge is 0.354 e. The van der Waals surface area contributed by atoms with Crippen LogP contribution in [0.3, 0.4) is 0 Å². The van der Waals surface area contributed by atoms with Gasteiger partial charge in [0, 0.05) is 36.7 Å². The van der Waals surface area contributed by atoms with Crippen molar-refractivity contribution in [3.05, 3.63) is 76.8 Å². The van der Waals surface area contributed by atoms with Gasteiger partial charge < -0.3 is 18.6 Å². The van der Waals surface area contributed by atoms with E-state index in [0.29, 0.717) is 29.1 Å². The van der Waals surface area contributed by atoms with Crippen molar-refractivity contribution in [2.45, 2.75) is 33.9 Å². The Balaban J connectivity index is 1.96. The van der Waals surface area contributed by atoms with Crippen LogP contribution in [0, 0.1) is 13.8 Å². The van der Waals surface area contributed by atoms with Crippen LogP contribution >= 0.6 is 0 Å². The summed E-state index contributed by atoms with van der Waals surface area (Å²) < 4.78 is 11.9. The first-order valence-electron chi connectivity index (χ1n) is 9.91. The van der Waals surface area contributed by atoms with E-state index in [1.807, 2.05) is 6.92 Å². The fourth-order valence-corrected chi connectivity index (χ4v) is 3.78. The number of ether oxygens (including phenoxy) is 1. The van der Waals surface area contributed by atoms with Gasteiger partial charge in [0.25, 0.3) is 5.91 Å². The molecule has 0 saturated carbocycles. The summed E-state index contributed by atoms with van der Waals surface area (Å²) in [6, 6.07) is 6.75. The SMILES string of the molecule is CCn1c(C)c(C(=O)CN(Cc2ccncc2)C(=O)c2ccco2)c(C)c1C(=O)OC. The molecule has 3 rings (SSSR count). The number of aromatic nitrogens is 2. The van der Waals surface area contributed by atoms with Gasteiger partial charge in [-0.1, -0.05) is 0 Å². The van der Waals surface area contributed by atoms with Gasteiger partial charge in [-0.05, 0) is 56.2 Å². The van der Waals surface area contributed by atoms with Gasteiger partial charge in [0.05, 0.1) is 19.9 Å². The molecular formula is C23H25N3O5. The third kappa shape index (κ3) is 4.42. The molecule has 0 aliphatic rings. The van der Waals surface area contributed by atoms with Crippen molar-refractivity contribution in [3.8, 4) is 0 Å². The molecule has 0 aliphatic heterocycles. The summed E-state index contributed by atoms with van der Waals surface area (Å²) in [7, 11) is 1.31. The number of amides is 1. The number of pyridine rings is 1. The largest absolute Gasteiger partial charge is 0.464 e. The van der Waals surface area contributed by atoms with Gasteiger partial charge in [-0.15, -0.1) is 0 Å². The lowest BCUT2D eigenvalue weighted by atomic mass is 10.0. The molecule has 1 amide bonds. The number of carbonyl (C=O) groups is 3. The lowest BCUT2D eigenvalue weighted by Crippen LogP contribution is -2.35. The Bertz CT molecular complexity index is 1080. The minimum absolute atomic E-state index is 0.150. The number of hydrogen-bond donors (Lipinski definition) is 0. The summed E-state index contributed by atoms with van der Waals surface area (Å²) in [6.45, 7) is 5.96. The zero-order chi connectivity index (χ0) is 22.5. The second-order valence-corrected chi connectivity index (χ2v) is 7.09. The molecule has 0 bridgehead atoms. The Morgan fingerprint density at radius 2 is 1.87 bits per heavy atom. The van der Waals surface area contributed by atoms with Crippen LogP contribution in [0.4, 0.5) is 0 Å². The average molecular weight is 423 g/mol. The van der Waals surface area contributed by atoms with Crippen LogP contribution in [-0.4, -0.2) is 45.8 Å². The van der Waals surface area contributed by atoms with E-state index in [2.05, 4.69) is 4.98 Å². The van der Waals surface area contributed by atoms with Gasteiger partial charge in [-0.2, -0.15) is 0 Å². The van der Waals surface area contributed by atoms with Crippen LogP contribution in [0.1, 0.15) is 55.1 Å². The highest BCUT2D eigenvalue weighted by Crippen LogP contribution is 2.24. The Morgan fingerprint density at radius 3 is 2.45 bits per heavy atom. The molecule has 31 heavy (non-hydrogen) atoms. The third-order valence-corrected chi connectivity index (χ3v) is 5.22. The zero-order valence-electron chi connectivity index (χ0n) is 18.0. The molecule has 0 saturated heterocycles. The van der Waals surface area contributed by atoms with E-state index in [-0.39, 0.29) is 24.6 Å². The Morgan fingerprint density at radius 1 is 1.16 bits per heavy atom. The molecule has 8 heteroatoms. The lowest BCUT2D eigenvalue weighted by Gasteiger charge is -2.21. The fraction of sp³-hybridized carbons (Fsp3) is 0.304. The van der Waals surface area contributed by atoms with Gasteiger partial charge in [-0.3, -0.25) is 14.6 Å². The normalized spacial score (nSPS) is 10.7. The molecule has 0 aliphatic carbocycles. The van der Waals surface area contributed by atoms with Crippen LogP contribution in [0.25, 0.3) is 0 Å². The number of nitrogens with zero attached hydrogens (tertiary/aromatic N) is 3. The van der Waals surface area contributed by atoms with Crippen molar-refractivity contribution in [2.24, 2.45) is 0 Å². The number of hydrogen-bond acceptors (Lipinski definition) is 6. The highest BCUT2D eigenvalue weighted by atomic mass is 16.5. The average Bonchev–Trinajstić information content (AvgIpc) is 3.39. The predicted molar refractivity (Wildman–Crippen MR) is 113 cm³/mol.